The van der Waals surface area contributed by atoms with E-state index in [1.165, 1.54) is 14.1 Å². The van der Waals surface area contributed by atoms with Crippen LogP contribution in [0.3, 0.4) is 0 Å². The Hall–Kier alpha value is -1.83. The van der Waals surface area contributed by atoms with E-state index in [0.29, 0.717) is 6.42 Å². The van der Waals surface area contributed by atoms with E-state index >= 15 is 0 Å². The zero-order chi connectivity index (χ0) is 15.7. The van der Waals surface area contributed by atoms with Gasteiger partial charge in [0.15, 0.2) is 0 Å². The maximum Gasteiger partial charge on any atom is 0.407 e. The van der Waals surface area contributed by atoms with Crippen molar-refractivity contribution in [2.45, 2.75) is 32.7 Å². The van der Waals surface area contributed by atoms with E-state index in [1.54, 1.807) is 0 Å². The molecule has 0 aliphatic carbocycles. The van der Waals surface area contributed by atoms with Gasteiger partial charge in [0.25, 0.3) is 5.91 Å². The molecule has 1 unspecified atom stereocenters. The molecule has 0 heterocycles. The lowest BCUT2D eigenvalue weighted by atomic mass is 10.0. The molecule has 20 heavy (non-hydrogen) atoms. The molecule has 8 heteroatoms. The van der Waals surface area contributed by atoms with Gasteiger partial charge in [0, 0.05) is 27.1 Å². The summed E-state index contributed by atoms with van der Waals surface area (Å²) >= 11 is 0. The molecule has 116 valence electrons. The van der Waals surface area contributed by atoms with Gasteiger partial charge in [-0.05, 0) is 12.3 Å². The van der Waals surface area contributed by atoms with Crippen LogP contribution in [0.4, 0.5) is 4.79 Å². The molecule has 1 atom stereocenters. The number of carbonyl (C=O) groups excluding carboxylic acids is 2. The molecule has 0 aromatic carbocycles. The first-order valence-electron chi connectivity index (χ1n) is 6.48. The van der Waals surface area contributed by atoms with Crippen LogP contribution in [0.25, 0.3) is 0 Å². The lowest BCUT2D eigenvalue weighted by molar-refractivity contribution is -0.127. The van der Waals surface area contributed by atoms with Crippen molar-refractivity contribution in [1.29, 1.82) is 0 Å². The highest BCUT2D eigenvalue weighted by molar-refractivity contribution is 5.84. The molecule has 0 fully saturated rings. The van der Waals surface area contributed by atoms with E-state index in [-0.39, 0.29) is 24.8 Å². The van der Waals surface area contributed by atoms with Gasteiger partial charge < -0.3 is 10.4 Å². The zero-order valence-electron chi connectivity index (χ0n) is 12.4. The van der Waals surface area contributed by atoms with Gasteiger partial charge in [-0.3, -0.25) is 19.9 Å². The van der Waals surface area contributed by atoms with Crippen molar-refractivity contribution in [2.75, 3.05) is 20.6 Å². The zero-order valence-corrected chi connectivity index (χ0v) is 12.4. The molecule has 4 N–H and O–H groups in total. The molecule has 0 aromatic heterocycles. The molecule has 3 amide bonds. The van der Waals surface area contributed by atoms with E-state index in [4.69, 9.17) is 5.11 Å². The monoisotopic (exact) mass is 288 g/mol. The number of nitrogens with zero attached hydrogens (tertiary/aromatic N) is 1. The van der Waals surface area contributed by atoms with Crippen LogP contribution >= 0.6 is 0 Å². The Morgan fingerprint density at radius 2 is 1.85 bits per heavy atom. The Bertz CT molecular complexity index is 346. The Morgan fingerprint density at radius 1 is 1.25 bits per heavy atom. The molecule has 0 aliphatic rings. The van der Waals surface area contributed by atoms with Crippen LogP contribution in [0.1, 0.15) is 26.7 Å². The average Bonchev–Trinajstić information content (AvgIpc) is 2.39. The minimum Gasteiger partial charge on any atom is -0.465 e. The topological polar surface area (TPSA) is 111 Å². The number of carboxylic acid groups (broad SMARTS) is 1. The number of nitrogens with one attached hydrogen (secondary N) is 3. The van der Waals surface area contributed by atoms with Gasteiger partial charge in [0.2, 0.25) is 5.91 Å². The van der Waals surface area contributed by atoms with E-state index in [9.17, 15) is 14.4 Å². The number of amides is 3. The van der Waals surface area contributed by atoms with Crippen molar-refractivity contribution < 1.29 is 19.5 Å². The van der Waals surface area contributed by atoms with Gasteiger partial charge in [-0.2, -0.15) is 0 Å². The smallest absolute Gasteiger partial charge is 0.407 e. The second-order valence-electron chi connectivity index (χ2n) is 4.88. The lowest BCUT2D eigenvalue weighted by Crippen LogP contribution is -2.52. The van der Waals surface area contributed by atoms with E-state index in [0.717, 1.165) is 4.90 Å². The third-order valence-electron chi connectivity index (χ3n) is 2.73. The van der Waals surface area contributed by atoms with Crippen molar-refractivity contribution in [3.05, 3.63) is 0 Å². The van der Waals surface area contributed by atoms with E-state index in [2.05, 4.69) is 16.2 Å². The van der Waals surface area contributed by atoms with Gasteiger partial charge in [-0.25, -0.2) is 10.2 Å². The minimum absolute atomic E-state index is 0.145. The third kappa shape index (κ3) is 6.93. The van der Waals surface area contributed by atoms with Crippen molar-refractivity contribution in [1.82, 2.24) is 21.1 Å². The summed E-state index contributed by atoms with van der Waals surface area (Å²) in [6.45, 7) is 4.10. The van der Waals surface area contributed by atoms with Crippen LogP contribution in [0.2, 0.25) is 0 Å². The second-order valence-corrected chi connectivity index (χ2v) is 4.88. The molecule has 0 rings (SSSR count). The van der Waals surface area contributed by atoms with Gasteiger partial charge in [0.05, 0.1) is 0 Å². The minimum atomic E-state index is -1.16. The molecule has 0 bridgehead atoms. The van der Waals surface area contributed by atoms with Gasteiger partial charge in [0.1, 0.15) is 6.04 Å². The standard InChI is InChI=1S/C12H24N4O4/c1-8(2)7-9(16(4)12(19)20)11(18)15-14-6-5-10(17)13-3/h8-9,14H,5-7H2,1-4H3,(H,13,17)(H,15,18)(H,19,20). The molecule has 0 aliphatic heterocycles. The highest BCUT2D eigenvalue weighted by Crippen LogP contribution is 2.10. The summed E-state index contributed by atoms with van der Waals surface area (Å²) in [6, 6.07) is -0.764. The number of carbonyl (C=O) groups is 3. The maximum absolute atomic E-state index is 12.0. The molecule has 0 spiro atoms. The van der Waals surface area contributed by atoms with Gasteiger partial charge in [-0.1, -0.05) is 13.8 Å². The van der Waals surface area contributed by atoms with E-state index in [1.807, 2.05) is 13.8 Å². The maximum atomic E-state index is 12.0. The van der Waals surface area contributed by atoms with Crippen molar-refractivity contribution in [3.8, 4) is 0 Å². The molecule has 0 aromatic rings. The summed E-state index contributed by atoms with van der Waals surface area (Å²) in [5.74, 6) is -0.396. The average molecular weight is 288 g/mol. The summed E-state index contributed by atoms with van der Waals surface area (Å²) in [4.78, 5) is 34.9. The lowest BCUT2D eigenvalue weighted by Gasteiger charge is -2.26. The fourth-order valence-electron chi connectivity index (χ4n) is 1.55. The first kappa shape index (κ1) is 18.2. The number of rotatable bonds is 8. The van der Waals surface area contributed by atoms with E-state index < -0.39 is 18.0 Å². The summed E-state index contributed by atoms with van der Waals surface area (Å²) in [7, 11) is 2.89. The fraction of sp³-hybridized carbons (Fsp3) is 0.750. The van der Waals surface area contributed by atoms with Crippen LogP contribution < -0.4 is 16.2 Å². The predicted molar refractivity (Wildman–Crippen MR) is 73.9 cm³/mol. The highest BCUT2D eigenvalue weighted by atomic mass is 16.4. The highest BCUT2D eigenvalue weighted by Gasteiger charge is 2.27. The normalized spacial score (nSPS) is 11.8. The van der Waals surface area contributed by atoms with Gasteiger partial charge in [-0.15, -0.1) is 0 Å². The van der Waals surface area contributed by atoms with Gasteiger partial charge >= 0.3 is 6.09 Å². The van der Waals surface area contributed by atoms with Crippen LogP contribution in [0.5, 0.6) is 0 Å². The Morgan fingerprint density at radius 3 is 2.30 bits per heavy atom. The predicted octanol–water partition coefficient (Wildman–Crippen LogP) is -0.232. The Kier molecular flexibility index (Phi) is 8.30. The fourth-order valence-corrected chi connectivity index (χ4v) is 1.55. The Labute approximate surface area is 118 Å². The van der Waals surface area contributed by atoms with Crippen LogP contribution in [0, 0.1) is 5.92 Å². The summed E-state index contributed by atoms with van der Waals surface area (Å²) in [5.41, 5.74) is 5.05. The largest absolute Gasteiger partial charge is 0.465 e. The van der Waals surface area contributed by atoms with Crippen LogP contribution in [-0.4, -0.2) is 54.6 Å². The summed E-state index contributed by atoms with van der Waals surface area (Å²) in [5, 5.41) is 11.4. The second kappa shape index (κ2) is 9.13. The summed E-state index contributed by atoms with van der Waals surface area (Å²) < 4.78 is 0. The molecule has 0 radical (unpaired) electrons. The number of hydrogen-bond donors (Lipinski definition) is 4. The van der Waals surface area contributed by atoms with Crippen molar-refractivity contribution in [2.24, 2.45) is 5.92 Å². The number of hydrazine groups is 1. The van der Waals surface area contributed by atoms with Crippen LogP contribution in [0.15, 0.2) is 0 Å². The first-order chi connectivity index (χ1) is 9.29. The molecular formula is C12H24N4O4. The van der Waals surface area contributed by atoms with Crippen molar-refractivity contribution >= 4 is 17.9 Å². The molecule has 0 saturated carbocycles. The number of hydrogen-bond acceptors (Lipinski definition) is 4. The molecule has 8 nitrogen and oxygen atoms in total. The van der Waals surface area contributed by atoms with Crippen molar-refractivity contribution in [3.63, 3.8) is 0 Å². The quantitative estimate of drug-likeness (QED) is 0.364. The molecular weight excluding hydrogens is 264 g/mol. The van der Waals surface area contributed by atoms with Crippen LogP contribution in [-0.2, 0) is 9.59 Å². The Balaban J connectivity index is 4.34. The third-order valence-corrected chi connectivity index (χ3v) is 2.73. The SMILES string of the molecule is CNC(=O)CCNNC(=O)C(CC(C)C)N(C)C(=O)O. The first-order valence-corrected chi connectivity index (χ1v) is 6.48. The number of likely N-dealkylation sites (N-methyl/N-ethyl adjacent to an activating group) is 1. The molecule has 0 saturated heterocycles. The summed E-state index contributed by atoms with van der Waals surface area (Å²) in [6.07, 6.45) is -0.511.